The van der Waals surface area contributed by atoms with Crippen LogP contribution in [-0.2, 0) is 0 Å². The second-order valence-corrected chi connectivity index (χ2v) is 5.58. The number of benzene rings is 1. The Labute approximate surface area is 118 Å². The lowest BCUT2D eigenvalue weighted by atomic mass is 10.0. The van der Waals surface area contributed by atoms with Crippen molar-refractivity contribution in [3.8, 4) is 0 Å². The Morgan fingerprint density at radius 3 is 2.50 bits per heavy atom. The molecule has 2 unspecified atom stereocenters. The number of anilines is 1. The maximum atomic E-state index is 13.4. The molecule has 2 atom stereocenters. The van der Waals surface area contributed by atoms with E-state index in [0.29, 0.717) is 30.7 Å². The first kappa shape index (κ1) is 15.2. The molecular formula is C15H21F3N2. The molecule has 1 N–H and O–H groups in total. The molecule has 1 heterocycles. The zero-order chi connectivity index (χ0) is 14.7. The quantitative estimate of drug-likeness (QED) is 0.839. The van der Waals surface area contributed by atoms with Crippen LogP contribution in [0.1, 0.15) is 26.7 Å². The van der Waals surface area contributed by atoms with Crippen LogP contribution < -0.4 is 10.2 Å². The van der Waals surface area contributed by atoms with Crippen molar-refractivity contribution >= 4 is 5.69 Å². The Morgan fingerprint density at radius 2 is 1.90 bits per heavy atom. The van der Waals surface area contributed by atoms with Gasteiger partial charge in [0.1, 0.15) is 0 Å². The summed E-state index contributed by atoms with van der Waals surface area (Å²) in [5, 5.41) is 3.49. The molecule has 5 heteroatoms. The van der Waals surface area contributed by atoms with Crippen molar-refractivity contribution in [1.29, 1.82) is 0 Å². The van der Waals surface area contributed by atoms with Gasteiger partial charge in [-0.2, -0.15) is 0 Å². The van der Waals surface area contributed by atoms with Gasteiger partial charge >= 0.3 is 0 Å². The summed E-state index contributed by atoms with van der Waals surface area (Å²) in [5.74, 6) is -3.29. The molecule has 0 aromatic heterocycles. The van der Waals surface area contributed by atoms with E-state index in [1.54, 1.807) is 0 Å². The Bertz CT molecular complexity index is 441. The van der Waals surface area contributed by atoms with Gasteiger partial charge < -0.3 is 10.2 Å². The summed E-state index contributed by atoms with van der Waals surface area (Å²) in [6, 6.07) is 2.58. The lowest BCUT2D eigenvalue weighted by Gasteiger charge is -2.33. The highest BCUT2D eigenvalue weighted by Gasteiger charge is 2.20. The van der Waals surface area contributed by atoms with E-state index in [2.05, 4.69) is 19.2 Å². The predicted molar refractivity (Wildman–Crippen MR) is 74.4 cm³/mol. The lowest BCUT2D eigenvalue weighted by molar-refractivity contribution is 0.386. The Kier molecular flexibility index (Phi) is 4.91. The molecule has 1 aromatic rings. The molecule has 1 saturated heterocycles. The van der Waals surface area contributed by atoms with Crippen LogP contribution in [0.25, 0.3) is 0 Å². The second-order valence-electron chi connectivity index (χ2n) is 5.58. The van der Waals surface area contributed by atoms with Gasteiger partial charge in [0, 0.05) is 37.0 Å². The minimum Gasteiger partial charge on any atom is -0.371 e. The van der Waals surface area contributed by atoms with Crippen molar-refractivity contribution < 1.29 is 13.2 Å². The first-order valence-corrected chi connectivity index (χ1v) is 7.14. The van der Waals surface area contributed by atoms with Crippen LogP contribution in [0, 0.1) is 23.4 Å². The molecule has 1 aliphatic heterocycles. The molecule has 0 aliphatic carbocycles. The van der Waals surface area contributed by atoms with E-state index in [9.17, 15) is 13.2 Å². The van der Waals surface area contributed by atoms with E-state index in [1.807, 2.05) is 4.90 Å². The Balaban J connectivity index is 2.21. The van der Waals surface area contributed by atoms with Crippen molar-refractivity contribution in [3.63, 3.8) is 0 Å². The Hall–Kier alpha value is -1.23. The summed E-state index contributed by atoms with van der Waals surface area (Å²) >= 11 is 0. The van der Waals surface area contributed by atoms with Crippen molar-refractivity contribution in [1.82, 2.24) is 5.32 Å². The molecule has 2 rings (SSSR count). The molecule has 2 nitrogen and oxygen atoms in total. The van der Waals surface area contributed by atoms with E-state index in [-0.39, 0.29) is 0 Å². The van der Waals surface area contributed by atoms with Crippen LogP contribution in [0.15, 0.2) is 12.1 Å². The fraction of sp³-hybridized carbons (Fsp3) is 0.600. The van der Waals surface area contributed by atoms with E-state index < -0.39 is 17.5 Å². The number of rotatable bonds is 2. The second kappa shape index (κ2) is 6.48. The van der Waals surface area contributed by atoms with Gasteiger partial charge in [-0.05, 0) is 25.3 Å². The van der Waals surface area contributed by atoms with Crippen LogP contribution in [0.3, 0.4) is 0 Å². The first-order chi connectivity index (χ1) is 9.51. The molecule has 0 bridgehead atoms. The number of nitrogens with zero attached hydrogens (tertiary/aromatic N) is 1. The zero-order valence-electron chi connectivity index (χ0n) is 11.9. The van der Waals surface area contributed by atoms with Gasteiger partial charge in [0.05, 0.1) is 0 Å². The summed E-state index contributed by atoms with van der Waals surface area (Å²) in [4.78, 5) is 1.94. The minimum atomic E-state index is -1.40. The SMILES string of the molecule is CCC1CCN(c2cc(F)c(F)c(F)c2)CC(C)CN1. The van der Waals surface area contributed by atoms with Gasteiger partial charge in [0.15, 0.2) is 17.5 Å². The molecule has 0 radical (unpaired) electrons. The highest BCUT2D eigenvalue weighted by molar-refractivity contribution is 5.47. The van der Waals surface area contributed by atoms with Crippen LogP contribution in [0.5, 0.6) is 0 Å². The summed E-state index contributed by atoms with van der Waals surface area (Å²) in [7, 11) is 0. The van der Waals surface area contributed by atoms with Crippen LogP contribution in [0.4, 0.5) is 18.9 Å². The lowest BCUT2D eigenvalue weighted by Crippen LogP contribution is -2.43. The molecule has 20 heavy (non-hydrogen) atoms. The number of nitrogens with one attached hydrogen (secondary N) is 1. The number of halogens is 3. The summed E-state index contributed by atoms with van der Waals surface area (Å²) in [5.41, 5.74) is 0.421. The van der Waals surface area contributed by atoms with Crippen molar-refractivity contribution in [2.24, 2.45) is 5.92 Å². The standard InChI is InChI=1S/C15H21F3N2/c1-3-11-4-5-20(9-10(2)8-19-11)12-6-13(16)15(18)14(17)7-12/h6-7,10-11,19H,3-5,8-9H2,1-2H3. The number of hydrogen-bond acceptors (Lipinski definition) is 2. The molecule has 0 spiro atoms. The van der Waals surface area contributed by atoms with Gasteiger partial charge in [0.2, 0.25) is 0 Å². The predicted octanol–water partition coefficient (Wildman–Crippen LogP) is 3.32. The van der Waals surface area contributed by atoms with Gasteiger partial charge in [-0.3, -0.25) is 0 Å². The fourth-order valence-electron chi connectivity index (χ4n) is 2.62. The smallest absolute Gasteiger partial charge is 0.194 e. The largest absolute Gasteiger partial charge is 0.371 e. The zero-order valence-corrected chi connectivity index (χ0v) is 11.9. The summed E-state index contributed by atoms with van der Waals surface area (Å²) in [6.45, 7) is 6.50. The van der Waals surface area contributed by atoms with E-state index in [4.69, 9.17) is 0 Å². The third kappa shape index (κ3) is 3.45. The molecule has 0 saturated carbocycles. The van der Waals surface area contributed by atoms with Crippen LogP contribution >= 0.6 is 0 Å². The average Bonchev–Trinajstić information content (AvgIpc) is 2.40. The maximum Gasteiger partial charge on any atom is 0.194 e. The summed E-state index contributed by atoms with van der Waals surface area (Å²) < 4.78 is 39.8. The average molecular weight is 286 g/mol. The van der Waals surface area contributed by atoms with Crippen LogP contribution in [-0.4, -0.2) is 25.7 Å². The third-order valence-electron chi connectivity index (χ3n) is 3.86. The molecule has 1 aliphatic rings. The van der Waals surface area contributed by atoms with E-state index >= 15 is 0 Å². The first-order valence-electron chi connectivity index (χ1n) is 7.14. The molecule has 112 valence electrons. The van der Waals surface area contributed by atoms with Gasteiger partial charge in [-0.25, -0.2) is 13.2 Å². The third-order valence-corrected chi connectivity index (χ3v) is 3.86. The molecular weight excluding hydrogens is 265 g/mol. The highest BCUT2D eigenvalue weighted by atomic mass is 19.2. The Morgan fingerprint density at radius 1 is 1.25 bits per heavy atom. The van der Waals surface area contributed by atoms with Gasteiger partial charge in [0.25, 0.3) is 0 Å². The molecule has 1 fully saturated rings. The maximum absolute atomic E-state index is 13.4. The molecule has 0 amide bonds. The molecule has 1 aromatic carbocycles. The fourth-order valence-corrected chi connectivity index (χ4v) is 2.62. The van der Waals surface area contributed by atoms with E-state index in [1.165, 1.54) is 0 Å². The minimum absolute atomic E-state index is 0.362. The van der Waals surface area contributed by atoms with Crippen molar-refractivity contribution in [2.45, 2.75) is 32.7 Å². The van der Waals surface area contributed by atoms with Crippen LogP contribution in [0.2, 0.25) is 0 Å². The number of hydrogen-bond donors (Lipinski definition) is 1. The van der Waals surface area contributed by atoms with Crippen molar-refractivity contribution in [3.05, 3.63) is 29.6 Å². The summed E-state index contributed by atoms with van der Waals surface area (Å²) in [6.07, 6.45) is 1.93. The van der Waals surface area contributed by atoms with Gasteiger partial charge in [-0.1, -0.05) is 13.8 Å². The monoisotopic (exact) mass is 286 g/mol. The van der Waals surface area contributed by atoms with Gasteiger partial charge in [-0.15, -0.1) is 0 Å². The van der Waals surface area contributed by atoms with E-state index in [0.717, 1.165) is 31.5 Å². The topological polar surface area (TPSA) is 15.3 Å². The highest BCUT2D eigenvalue weighted by Crippen LogP contribution is 2.23. The normalized spacial score (nSPS) is 24.4. The van der Waals surface area contributed by atoms with Crippen molar-refractivity contribution in [2.75, 3.05) is 24.5 Å².